The maximum Gasteiger partial charge on any atom is 0.339 e. The fraction of sp³-hybridized carbons (Fsp3) is 0.125. The number of esters is 1. The van der Waals surface area contributed by atoms with E-state index in [1.54, 1.807) is 0 Å². The fourth-order valence-corrected chi connectivity index (χ4v) is 2.51. The average molecular weight is 428 g/mol. The van der Waals surface area contributed by atoms with Crippen molar-refractivity contribution in [2.75, 3.05) is 11.9 Å². The SMILES string of the molecule is Cc1c([N+](=O)[O-])cc(C(=O)OCC(=O)Nc2cc(Cl)ccc2Cl)cc1[N+](=O)[O-]. The minimum absolute atomic E-state index is 0.192. The van der Waals surface area contributed by atoms with Crippen LogP contribution in [0.25, 0.3) is 0 Å². The molecule has 0 saturated heterocycles. The third-order valence-electron chi connectivity index (χ3n) is 3.52. The molecule has 0 saturated carbocycles. The molecule has 0 spiro atoms. The average Bonchev–Trinajstić information content (AvgIpc) is 2.62. The Labute approximate surface area is 167 Å². The van der Waals surface area contributed by atoms with Gasteiger partial charge in [-0.3, -0.25) is 25.0 Å². The summed E-state index contributed by atoms with van der Waals surface area (Å²) in [6.07, 6.45) is 0. The molecule has 1 amide bonds. The van der Waals surface area contributed by atoms with Gasteiger partial charge in [0.15, 0.2) is 6.61 Å². The molecule has 10 nitrogen and oxygen atoms in total. The normalized spacial score (nSPS) is 10.2. The molecule has 0 atom stereocenters. The molecule has 146 valence electrons. The van der Waals surface area contributed by atoms with Crippen molar-refractivity contribution < 1.29 is 24.2 Å². The number of ether oxygens (including phenoxy) is 1. The van der Waals surface area contributed by atoms with Crippen LogP contribution in [-0.4, -0.2) is 28.3 Å². The Morgan fingerprint density at radius 3 is 2.18 bits per heavy atom. The molecule has 0 unspecified atom stereocenters. The van der Waals surface area contributed by atoms with Crippen LogP contribution in [0.5, 0.6) is 0 Å². The zero-order valence-corrected chi connectivity index (χ0v) is 15.6. The highest BCUT2D eigenvalue weighted by atomic mass is 35.5. The van der Waals surface area contributed by atoms with Crippen molar-refractivity contribution in [3.05, 3.63) is 71.7 Å². The molecule has 0 aliphatic heterocycles. The third-order valence-corrected chi connectivity index (χ3v) is 4.08. The third kappa shape index (κ3) is 4.93. The second-order valence-electron chi connectivity index (χ2n) is 5.40. The van der Waals surface area contributed by atoms with Crippen LogP contribution < -0.4 is 5.32 Å². The topological polar surface area (TPSA) is 142 Å². The second kappa shape index (κ2) is 8.63. The summed E-state index contributed by atoms with van der Waals surface area (Å²) in [5.41, 5.74) is -1.68. The number of nitro benzene ring substituents is 2. The van der Waals surface area contributed by atoms with Crippen molar-refractivity contribution in [3.8, 4) is 0 Å². The molecule has 0 bridgehead atoms. The minimum atomic E-state index is -1.14. The molecule has 0 fully saturated rings. The van der Waals surface area contributed by atoms with Gasteiger partial charge in [0, 0.05) is 17.2 Å². The first-order valence-electron chi connectivity index (χ1n) is 7.45. The lowest BCUT2D eigenvalue weighted by molar-refractivity contribution is -0.395. The predicted molar refractivity (Wildman–Crippen MR) is 99.9 cm³/mol. The number of nitrogens with one attached hydrogen (secondary N) is 1. The second-order valence-corrected chi connectivity index (χ2v) is 6.25. The minimum Gasteiger partial charge on any atom is -0.452 e. The number of carbonyl (C=O) groups excluding carboxylic acids is 2. The van der Waals surface area contributed by atoms with Gasteiger partial charge in [0.1, 0.15) is 5.56 Å². The molecule has 0 aliphatic rings. The van der Waals surface area contributed by atoms with Crippen molar-refractivity contribution >= 4 is 52.1 Å². The van der Waals surface area contributed by atoms with E-state index in [4.69, 9.17) is 27.9 Å². The van der Waals surface area contributed by atoms with Crippen LogP contribution in [0.4, 0.5) is 17.1 Å². The van der Waals surface area contributed by atoms with E-state index in [1.165, 1.54) is 25.1 Å². The maximum atomic E-state index is 12.1. The Morgan fingerprint density at radius 1 is 1.07 bits per heavy atom. The van der Waals surface area contributed by atoms with Crippen LogP contribution >= 0.6 is 23.2 Å². The van der Waals surface area contributed by atoms with E-state index < -0.39 is 45.3 Å². The zero-order chi connectivity index (χ0) is 21.0. The summed E-state index contributed by atoms with van der Waals surface area (Å²) >= 11 is 11.7. The number of nitro groups is 2. The highest BCUT2D eigenvalue weighted by Crippen LogP contribution is 2.30. The van der Waals surface area contributed by atoms with Gasteiger partial charge in [0.05, 0.1) is 26.1 Å². The van der Waals surface area contributed by atoms with Crippen LogP contribution in [0.1, 0.15) is 15.9 Å². The molecule has 0 aliphatic carbocycles. The molecule has 1 N–H and O–H groups in total. The number of halogens is 2. The molecule has 28 heavy (non-hydrogen) atoms. The van der Waals surface area contributed by atoms with E-state index in [0.717, 1.165) is 12.1 Å². The standard InChI is InChI=1S/C16H11Cl2N3O7/c1-8-13(20(24)25)4-9(5-14(8)21(26)27)16(23)28-7-15(22)19-12-6-10(17)2-3-11(12)18/h2-6H,7H2,1H3,(H,19,22). The molecule has 0 heterocycles. The lowest BCUT2D eigenvalue weighted by Gasteiger charge is -2.09. The number of anilines is 1. The van der Waals surface area contributed by atoms with E-state index in [-0.39, 0.29) is 16.3 Å². The number of benzene rings is 2. The van der Waals surface area contributed by atoms with E-state index in [2.05, 4.69) is 5.32 Å². The first-order valence-corrected chi connectivity index (χ1v) is 8.21. The zero-order valence-electron chi connectivity index (χ0n) is 14.1. The lowest BCUT2D eigenvalue weighted by atomic mass is 10.1. The van der Waals surface area contributed by atoms with Crippen molar-refractivity contribution in [2.24, 2.45) is 0 Å². The van der Waals surface area contributed by atoms with Gasteiger partial charge in [-0.2, -0.15) is 0 Å². The van der Waals surface area contributed by atoms with Crippen molar-refractivity contribution in [1.29, 1.82) is 0 Å². The Kier molecular flexibility index (Phi) is 6.49. The highest BCUT2D eigenvalue weighted by molar-refractivity contribution is 6.35. The van der Waals surface area contributed by atoms with Crippen LogP contribution in [0.2, 0.25) is 10.0 Å². The van der Waals surface area contributed by atoms with Crippen molar-refractivity contribution in [2.45, 2.75) is 6.92 Å². The number of amides is 1. The van der Waals surface area contributed by atoms with Gasteiger partial charge in [0.2, 0.25) is 0 Å². The van der Waals surface area contributed by atoms with Gasteiger partial charge in [0.25, 0.3) is 17.3 Å². The molecular weight excluding hydrogens is 417 g/mol. The highest BCUT2D eigenvalue weighted by Gasteiger charge is 2.26. The smallest absolute Gasteiger partial charge is 0.339 e. The van der Waals surface area contributed by atoms with E-state index in [9.17, 15) is 29.8 Å². The Balaban J connectivity index is 2.14. The Hall–Kier alpha value is -3.24. The summed E-state index contributed by atoms with van der Waals surface area (Å²) < 4.78 is 4.77. The number of carbonyl (C=O) groups is 2. The first-order chi connectivity index (χ1) is 13.1. The fourth-order valence-electron chi connectivity index (χ4n) is 2.18. The molecule has 2 aromatic rings. The largest absolute Gasteiger partial charge is 0.452 e. The summed E-state index contributed by atoms with van der Waals surface area (Å²) in [6.45, 7) is 0.435. The van der Waals surface area contributed by atoms with E-state index in [0.29, 0.717) is 5.02 Å². The van der Waals surface area contributed by atoms with E-state index in [1.807, 2.05) is 0 Å². The predicted octanol–water partition coefficient (Wildman–Crippen LogP) is 3.91. The monoisotopic (exact) mass is 427 g/mol. The Morgan fingerprint density at radius 2 is 1.64 bits per heavy atom. The van der Waals surface area contributed by atoms with Crippen LogP contribution in [0.3, 0.4) is 0 Å². The molecule has 12 heteroatoms. The van der Waals surface area contributed by atoms with E-state index >= 15 is 0 Å². The van der Waals surface area contributed by atoms with Gasteiger partial charge in [-0.1, -0.05) is 23.2 Å². The van der Waals surface area contributed by atoms with Crippen LogP contribution in [0, 0.1) is 27.2 Å². The molecule has 0 aromatic heterocycles. The van der Waals surface area contributed by atoms with Gasteiger partial charge < -0.3 is 10.1 Å². The number of rotatable bonds is 6. The van der Waals surface area contributed by atoms with Crippen LogP contribution in [-0.2, 0) is 9.53 Å². The summed E-state index contributed by atoms with van der Waals surface area (Å²) in [4.78, 5) is 44.4. The summed E-state index contributed by atoms with van der Waals surface area (Å²) in [7, 11) is 0. The van der Waals surface area contributed by atoms with Crippen molar-refractivity contribution in [1.82, 2.24) is 0 Å². The number of nitrogens with zero attached hydrogens (tertiary/aromatic N) is 2. The number of hydrogen-bond acceptors (Lipinski definition) is 7. The van der Waals surface area contributed by atoms with Crippen molar-refractivity contribution in [3.63, 3.8) is 0 Å². The summed E-state index contributed by atoms with van der Waals surface area (Å²) in [5.74, 6) is -1.90. The van der Waals surface area contributed by atoms with Gasteiger partial charge in [-0.25, -0.2) is 4.79 Å². The van der Waals surface area contributed by atoms with Crippen LogP contribution in [0.15, 0.2) is 30.3 Å². The lowest BCUT2D eigenvalue weighted by Crippen LogP contribution is -2.21. The quantitative estimate of drug-likeness (QED) is 0.418. The summed E-state index contributed by atoms with van der Waals surface area (Å²) in [6, 6.07) is 6.04. The molecule has 2 aromatic carbocycles. The number of hydrogen-bond donors (Lipinski definition) is 1. The molecule has 0 radical (unpaired) electrons. The van der Waals surface area contributed by atoms with Gasteiger partial charge >= 0.3 is 5.97 Å². The van der Waals surface area contributed by atoms with Gasteiger partial charge in [-0.15, -0.1) is 0 Å². The first kappa shape index (κ1) is 21.1. The van der Waals surface area contributed by atoms with Gasteiger partial charge in [-0.05, 0) is 25.1 Å². The summed E-state index contributed by atoms with van der Waals surface area (Å²) in [5, 5.41) is 25.0. The maximum absolute atomic E-state index is 12.1. The molecular formula is C16H11Cl2N3O7. The molecule has 2 rings (SSSR count). The Bertz CT molecular complexity index is 959.